The third-order valence-corrected chi connectivity index (χ3v) is 4.71. The van der Waals surface area contributed by atoms with E-state index in [9.17, 15) is 17.6 Å². The van der Waals surface area contributed by atoms with Crippen LogP contribution >= 0.6 is 0 Å². The molecule has 0 heterocycles. The monoisotopic (exact) mass is 304 g/mol. The van der Waals surface area contributed by atoms with Crippen LogP contribution in [0.4, 0.5) is 17.6 Å². The van der Waals surface area contributed by atoms with Crippen LogP contribution in [0, 0.1) is 11.2 Å². The number of halogens is 4. The zero-order valence-electron chi connectivity index (χ0n) is 11.9. The number of hydrogen-bond acceptors (Lipinski definition) is 2. The molecule has 0 amide bonds. The van der Waals surface area contributed by atoms with Gasteiger partial charge in [-0.25, -0.2) is 4.39 Å². The molecule has 0 aromatic heterocycles. The SMILES string of the molecule is CCC1(C(NN)c2ccc(C(F)(F)F)c(F)c2)CCCC1. The summed E-state index contributed by atoms with van der Waals surface area (Å²) in [6, 6.07) is 2.75. The van der Waals surface area contributed by atoms with Crippen molar-refractivity contribution in [2.24, 2.45) is 11.3 Å². The van der Waals surface area contributed by atoms with Gasteiger partial charge in [-0.2, -0.15) is 13.2 Å². The molecule has 0 saturated heterocycles. The normalized spacial score (nSPS) is 19.7. The summed E-state index contributed by atoms with van der Waals surface area (Å²) in [4.78, 5) is 0. The molecule has 0 bridgehead atoms. The lowest BCUT2D eigenvalue weighted by atomic mass is 9.73. The van der Waals surface area contributed by atoms with Gasteiger partial charge < -0.3 is 0 Å². The quantitative estimate of drug-likeness (QED) is 0.494. The van der Waals surface area contributed by atoms with Gasteiger partial charge in [0.15, 0.2) is 0 Å². The summed E-state index contributed by atoms with van der Waals surface area (Å²) in [5.41, 5.74) is 1.82. The predicted octanol–water partition coefficient (Wildman–Crippen LogP) is 4.32. The van der Waals surface area contributed by atoms with E-state index in [-0.39, 0.29) is 11.5 Å². The smallest absolute Gasteiger partial charge is 0.271 e. The van der Waals surface area contributed by atoms with Crippen LogP contribution in [0.3, 0.4) is 0 Å². The molecule has 1 aliphatic rings. The van der Waals surface area contributed by atoms with E-state index in [1.54, 1.807) is 0 Å². The van der Waals surface area contributed by atoms with Gasteiger partial charge in [-0.1, -0.05) is 25.8 Å². The van der Waals surface area contributed by atoms with Crippen molar-refractivity contribution < 1.29 is 17.6 Å². The van der Waals surface area contributed by atoms with Crippen LogP contribution in [0.1, 0.15) is 56.2 Å². The summed E-state index contributed by atoms with van der Waals surface area (Å²) in [5, 5.41) is 0. The molecule has 21 heavy (non-hydrogen) atoms. The van der Waals surface area contributed by atoms with Gasteiger partial charge in [-0.3, -0.25) is 11.3 Å². The minimum absolute atomic E-state index is 0.110. The first-order valence-electron chi connectivity index (χ1n) is 7.17. The highest BCUT2D eigenvalue weighted by Gasteiger charge is 2.41. The molecule has 118 valence electrons. The molecule has 1 aliphatic carbocycles. The minimum atomic E-state index is -4.68. The highest BCUT2D eigenvalue weighted by Crippen LogP contribution is 2.50. The fourth-order valence-corrected chi connectivity index (χ4v) is 3.49. The summed E-state index contributed by atoms with van der Waals surface area (Å²) in [6.45, 7) is 2.04. The Bertz CT molecular complexity index is 493. The van der Waals surface area contributed by atoms with Crippen LogP contribution in [0.5, 0.6) is 0 Å². The number of hydrogen-bond donors (Lipinski definition) is 2. The first-order valence-corrected chi connectivity index (χ1v) is 7.17. The Kier molecular flexibility index (Phi) is 4.58. The van der Waals surface area contributed by atoms with E-state index in [0.717, 1.165) is 44.2 Å². The lowest BCUT2D eigenvalue weighted by Crippen LogP contribution is -2.40. The van der Waals surface area contributed by atoms with Crippen molar-refractivity contribution >= 4 is 0 Å². The molecule has 1 unspecified atom stereocenters. The number of rotatable bonds is 4. The Balaban J connectivity index is 2.37. The zero-order chi connectivity index (χ0) is 15.7. The Morgan fingerprint density at radius 3 is 2.33 bits per heavy atom. The van der Waals surface area contributed by atoms with Crippen molar-refractivity contribution in [1.82, 2.24) is 5.43 Å². The minimum Gasteiger partial charge on any atom is -0.271 e. The number of alkyl halides is 3. The first kappa shape index (κ1) is 16.2. The summed E-state index contributed by atoms with van der Waals surface area (Å²) in [6.07, 6.45) is 0.195. The van der Waals surface area contributed by atoms with Crippen molar-refractivity contribution in [2.75, 3.05) is 0 Å². The predicted molar refractivity (Wildman–Crippen MR) is 72.7 cm³/mol. The third-order valence-electron chi connectivity index (χ3n) is 4.71. The molecule has 0 radical (unpaired) electrons. The Morgan fingerprint density at radius 2 is 1.90 bits per heavy atom. The molecule has 1 aromatic rings. The van der Waals surface area contributed by atoms with E-state index < -0.39 is 17.6 Å². The first-order chi connectivity index (χ1) is 9.84. The number of nitrogens with two attached hydrogens (primary N) is 1. The van der Waals surface area contributed by atoms with Crippen LogP contribution in [0.25, 0.3) is 0 Å². The molecule has 0 spiro atoms. The summed E-state index contributed by atoms with van der Waals surface area (Å²) in [5.74, 6) is 4.38. The molecule has 1 fully saturated rings. The largest absolute Gasteiger partial charge is 0.419 e. The highest BCUT2D eigenvalue weighted by atomic mass is 19.4. The second-order valence-corrected chi connectivity index (χ2v) is 5.76. The van der Waals surface area contributed by atoms with Gasteiger partial charge in [-0.15, -0.1) is 0 Å². The number of benzene rings is 1. The van der Waals surface area contributed by atoms with E-state index >= 15 is 0 Å². The van der Waals surface area contributed by atoms with Gasteiger partial charge in [-0.05, 0) is 42.4 Å². The fraction of sp³-hybridized carbons (Fsp3) is 0.600. The van der Waals surface area contributed by atoms with Gasteiger partial charge in [0, 0.05) is 0 Å². The second kappa shape index (κ2) is 5.93. The lowest BCUT2D eigenvalue weighted by molar-refractivity contribution is -0.140. The number of hydrazine groups is 1. The zero-order valence-corrected chi connectivity index (χ0v) is 11.9. The molecule has 1 saturated carbocycles. The topological polar surface area (TPSA) is 38.0 Å². The maximum absolute atomic E-state index is 13.8. The third kappa shape index (κ3) is 3.06. The second-order valence-electron chi connectivity index (χ2n) is 5.76. The van der Waals surface area contributed by atoms with Gasteiger partial charge in [0.25, 0.3) is 0 Å². The Labute approximate surface area is 121 Å². The Morgan fingerprint density at radius 1 is 1.29 bits per heavy atom. The average molecular weight is 304 g/mol. The van der Waals surface area contributed by atoms with Crippen LogP contribution in [-0.4, -0.2) is 0 Å². The van der Waals surface area contributed by atoms with Crippen LogP contribution in [0.15, 0.2) is 18.2 Å². The molecule has 1 aromatic carbocycles. The van der Waals surface area contributed by atoms with Crippen molar-refractivity contribution in [3.8, 4) is 0 Å². The van der Waals surface area contributed by atoms with Crippen LogP contribution < -0.4 is 11.3 Å². The summed E-state index contributed by atoms with van der Waals surface area (Å²) in [7, 11) is 0. The van der Waals surface area contributed by atoms with E-state index in [4.69, 9.17) is 5.84 Å². The molecule has 1 atom stereocenters. The van der Waals surface area contributed by atoms with Crippen LogP contribution in [0.2, 0.25) is 0 Å². The molecule has 2 rings (SSSR count). The standard InChI is InChI=1S/C15H20F4N2/c1-2-14(7-3-4-8-14)13(21-20)10-5-6-11(12(16)9-10)15(17,18)19/h5-6,9,13,21H,2-4,7-8,20H2,1H3. The van der Waals surface area contributed by atoms with E-state index in [0.29, 0.717) is 5.56 Å². The lowest BCUT2D eigenvalue weighted by Gasteiger charge is -2.37. The fourth-order valence-electron chi connectivity index (χ4n) is 3.49. The van der Waals surface area contributed by atoms with Gasteiger partial charge in [0.2, 0.25) is 0 Å². The van der Waals surface area contributed by atoms with Crippen molar-refractivity contribution in [3.63, 3.8) is 0 Å². The molecular weight excluding hydrogens is 284 g/mol. The van der Waals surface area contributed by atoms with Gasteiger partial charge >= 0.3 is 6.18 Å². The van der Waals surface area contributed by atoms with Crippen LogP contribution in [-0.2, 0) is 6.18 Å². The van der Waals surface area contributed by atoms with Crippen molar-refractivity contribution in [1.29, 1.82) is 0 Å². The van der Waals surface area contributed by atoms with Crippen molar-refractivity contribution in [2.45, 2.75) is 51.2 Å². The number of nitrogens with one attached hydrogen (secondary N) is 1. The Hall–Kier alpha value is -1.14. The van der Waals surface area contributed by atoms with E-state index in [1.807, 2.05) is 6.92 Å². The summed E-state index contributed by atoms with van der Waals surface area (Å²) >= 11 is 0. The van der Waals surface area contributed by atoms with Gasteiger partial charge in [0.05, 0.1) is 11.6 Å². The molecule has 0 aliphatic heterocycles. The highest BCUT2D eigenvalue weighted by molar-refractivity contribution is 5.30. The molecular formula is C15H20F4N2. The molecule has 2 nitrogen and oxygen atoms in total. The maximum atomic E-state index is 13.8. The van der Waals surface area contributed by atoms with Gasteiger partial charge in [0.1, 0.15) is 5.82 Å². The average Bonchev–Trinajstić information content (AvgIpc) is 2.88. The summed E-state index contributed by atoms with van der Waals surface area (Å²) < 4.78 is 51.6. The van der Waals surface area contributed by atoms with Crippen molar-refractivity contribution in [3.05, 3.63) is 35.1 Å². The van der Waals surface area contributed by atoms with E-state index in [1.165, 1.54) is 6.07 Å². The maximum Gasteiger partial charge on any atom is 0.419 e. The van der Waals surface area contributed by atoms with E-state index in [2.05, 4.69) is 5.43 Å². The molecule has 3 N–H and O–H groups in total. The molecule has 6 heteroatoms.